The zero-order valence-corrected chi connectivity index (χ0v) is 16.2. The predicted molar refractivity (Wildman–Crippen MR) is 103 cm³/mol. The van der Waals surface area contributed by atoms with Crippen LogP contribution in [0.5, 0.6) is 0 Å². The molecule has 1 heterocycles. The molecule has 144 valence electrons. The summed E-state index contributed by atoms with van der Waals surface area (Å²) < 4.78 is 5.63. The second-order valence-corrected chi connectivity index (χ2v) is 7.57. The molecule has 0 spiro atoms. The first-order valence-corrected chi connectivity index (χ1v) is 9.71. The van der Waals surface area contributed by atoms with E-state index >= 15 is 0 Å². The maximum atomic E-state index is 12.6. The van der Waals surface area contributed by atoms with E-state index in [0.717, 1.165) is 37.9 Å². The standard InChI is InChI=1S/C21H32N2O3/c1-15(2)20(23-19(24)14-17-8-5-4-6-9-17)21(25)22-16(3)11-12-18-10-7-13-26-18/h4-6,8-9,15-16,18,20H,7,10-14H2,1-3H3,(H,22,25)(H,23,24). The molecule has 1 saturated heterocycles. The van der Waals surface area contributed by atoms with Gasteiger partial charge in [0.25, 0.3) is 0 Å². The van der Waals surface area contributed by atoms with Crippen molar-refractivity contribution >= 4 is 11.8 Å². The molecule has 3 atom stereocenters. The van der Waals surface area contributed by atoms with Gasteiger partial charge in [-0.3, -0.25) is 9.59 Å². The van der Waals surface area contributed by atoms with Crippen molar-refractivity contribution in [1.82, 2.24) is 10.6 Å². The first-order valence-electron chi connectivity index (χ1n) is 9.71. The Bertz CT molecular complexity index is 568. The molecule has 0 bridgehead atoms. The molecule has 5 heteroatoms. The fourth-order valence-electron chi connectivity index (χ4n) is 3.25. The maximum absolute atomic E-state index is 12.6. The highest BCUT2D eigenvalue weighted by atomic mass is 16.5. The van der Waals surface area contributed by atoms with Gasteiger partial charge in [-0.15, -0.1) is 0 Å². The minimum atomic E-state index is -0.517. The van der Waals surface area contributed by atoms with Crippen molar-refractivity contribution in [2.45, 2.75) is 71.1 Å². The molecule has 5 nitrogen and oxygen atoms in total. The average Bonchev–Trinajstić information content (AvgIpc) is 3.12. The van der Waals surface area contributed by atoms with E-state index in [1.165, 1.54) is 0 Å². The number of nitrogens with one attached hydrogen (secondary N) is 2. The van der Waals surface area contributed by atoms with Gasteiger partial charge in [-0.05, 0) is 44.1 Å². The summed E-state index contributed by atoms with van der Waals surface area (Å²) in [5, 5.41) is 5.94. The van der Waals surface area contributed by atoms with Crippen LogP contribution in [-0.2, 0) is 20.7 Å². The molecular weight excluding hydrogens is 328 g/mol. The van der Waals surface area contributed by atoms with Crippen LogP contribution in [0.15, 0.2) is 30.3 Å². The topological polar surface area (TPSA) is 67.4 Å². The van der Waals surface area contributed by atoms with E-state index in [9.17, 15) is 9.59 Å². The summed E-state index contributed by atoms with van der Waals surface area (Å²) in [6.45, 7) is 6.76. The van der Waals surface area contributed by atoms with Crippen LogP contribution in [0.1, 0.15) is 52.0 Å². The third-order valence-electron chi connectivity index (χ3n) is 4.81. The summed E-state index contributed by atoms with van der Waals surface area (Å²) in [6.07, 6.45) is 4.72. The Hall–Kier alpha value is -1.88. The van der Waals surface area contributed by atoms with Crippen LogP contribution in [0.25, 0.3) is 0 Å². The number of carbonyl (C=O) groups is 2. The lowest BCUT2D eigenvalue weighted by Gasteiger charge is -2.24. The van der Waals surface area contributed by atoms with Crippen LogP contribution in [0.4, 0.5) is 0 Å². The maximum Gasteiger partial charge on any atom is 0.243 e. The van der Waals surface area contributed by atoms with Crippen molar-refractivity contribution in [1.29, 1.82) is 0 Å². The quantitative estimate of drug-likeness (QED) is 0.712. The largest absolute Gasteiger partial charge is 0.378 e. The number of carbonyl (C=O) groups excluding carboxylic acids is 2. The number of hydrogen-bond donors (Lipinski definition) is 2. The minimum absolute atomic E-state index is 0.0279. The van der Waals surface area contributed by atoms with E-state index in [-0.39, 0.29) is 30.2 Å². The molecule has 2 rings (SSSR count). The van der Waals surface area contributed by atoms with Crippen LogP contribution < -0.4 is 10.6 Å². The molecule has 1 fully saturated rings. The van der Waals surface area contributed by atoms with Gasteiger partial charge in [0.1, 0.15) is 6.04 Å². The smallest absolute Gasteiger partial charge is 0.243 e. The van der Waals surface area contributed by atoms with Crippen LogP contribution in [0.3, 0.4) is 0 Å². The van der Waals surface area contributed by atoms with Crippen molar-refractivity contribution in [3.8, 4) is 0 Å². The van der Waals surface area contributed by atoms with E-state index in [0.29, 0.717) is 6.10 Å². The van der Waals surface area contributed by atoms with Gasteiger partial charge in [0.2, 0.25) is 11.8 Å². The Labute approximate surface area is 156 Å². The highest BCUT2D eigenvalue weighted by Crippen LogP contribution is 2.17. The third-order valence-corrected chi connectivity index (χ3v) is 4.81. The molecular formula is C21H32N2O3. The molecule has 3 unspecified atom stereocenters. The molecule has 0 aliphatic carbocycles. The zero-order valence-electron chi connectivity index (χ0n) is 16.2. The summed E-state index contributed by atoms with van der Waals surface area (Å²) >= 11 is 0. The molecule has 1 aromatic rings. The van der Waals surface area contributed by atoms with E-state index < -0.39 is 6.04 Å². The summed E-state index contributed by atoms with van der Waals surface area (Å²) in [6, 6.07) is 9.11. The van der Waals surface area contributed by atoms with Gasteiger partial charge < -0.3 is 15.4 Å². The van der Waals surface area contributed by atoms with Gasteiger partial charge in [-0.25, -0.2) is 0 Å². The summed E-state index contributed by atoms with van der Waals surface area (Å²) in [5.74, 6) is -0.210. The SMILES string of the molecule is CC(CCC1CCCO1)NC(=O)C(NC(=O)Cc1ccccc1)C(C)C. The molecule has 1 aromatic carbocycles. The number of ether oxygens (including phenoxy) is 1. The van der Waals surface area contributed by atoms with Gasteiger partial charge in [0, 0.05) is 12.6 Å². The Morgan fingerprint density at radius 2 is 1.88 bits per heavy atom. The summed E-state index contributed by atoms with van der Waals surface area (Å²) in [5.41, 5.74) is 0.942. The van der Waals surface area contributed by atoms with Gasteiger partial charge in [-0.1, -0.05) is 44.2 Å². The lowest BCUT2D eigenvalue weighted by Crippen LogP contribution is -2.52. The first-order chi connectivity index (χ1) is 12.5. The fourth-order valence-corrected chi connectivity index (χ4v) is 3.25. The number of hydrogen-bond acceptors (Lipinski definition) is 3. The second-order valence-electron chi connectivity index (χ2n) is 7.57. The van der Waals surface area contributed by atoms with E-state index in [1.54, 1.807) is 0 Å². The van der Waals surface area contributed by atoms with Crippen molar-refractivity contribution in [2.75, 3.05) is 6.61 Å². The van der Waals surface area contributed by atoms with Gasteiger partial charge in [0.05, 0.1) is 12.5 Å². The molecule has 26 heavy (non-hydrogen) atoms. The lowest BCUT2D eigenvalue weighted by atomic mass is 10.0. The van der Waals surface area contributed by atoms with E-state index in [1.807, 2.05) is 51.1 Å². The van der Waals surface area contributed by atoms with E-state index in [2.05, 4.69) is 10.6 Å². The van der Waals surface area contributed by atoms with Crippen LogP contribution in [0, 0.1) is 5.92 Å². The summed E-state index contributed by atoms with van der Waals surface area (Å²) in [7, 11) is 0. The predicted octanol–water partition coefficient (Wildman–Crippen LogP) is 2.83. The van der Waals surface area contributed by atoms with Crippen LogP contribution >= 0.6 is 0 Å². The van der Waals surface area contributed by atoms with Gasteiger partial charge in [0.15, 0.2) is 0 Å². The number of benzene rings is 1. The molecule has 0 saturated carbocycles. The molecule has 0 aromatic heterocycles. The average molecular weight is 360 g/mol. The minimum Gasteiger partial charge on any atom is -0.378 e. The van der Waals surface area contributed by atoms with Crippen molar-refractivity contribution in [2.24, 2.45) is 5.92 Å². The molecule has 1 aliphatic heterocycles. The third kappa shape index (κ3) is 6.79. The first kappa shape index (κ1) is 20.4. The molecule has 2 amide bonds. The number of rotatable bonds is 9. The monoisotopic (exact) mass is 360 g/mol. The zero-order chi connectivity index (χ0) is 18.9. The van der Waals surface area contributed by atoms with Crippen LogP contribution in [0.2, 0.25) is 0 Å². The van der Waals surface area contributed by atoms with E-state index in [4.69, 9.17) is 4.74 Å². The molecule has 0 radical (unpaired) electrons. The highest BCUT2D eigenvalue weighted by Gasteiger charge is 2.25. The molecule has 1 aliphatic rings. The Morgan fingerprint density at radius 3 is 2.50 bits per heavy atom. The molecule has 2 N–H and O–H groups in total. The van der Waals surface area contributed by atoms with Crippen molar-refractivity contribution in [3.63, 3.8) is 0 Å². The van der Waals surface area contributed by atoms with Gasteiger partial charge in [-0.2, -0.15) is 0 Å². The Kier molecular flexibility index (Phi) is 8.10. The second kappa shape index (κ2) is 10.3. The van der Waals surface area contributed by atoms with Gasteiger partial charge >= 0.3 is 0 Å². The Balaban J connectivity index is 1.80. The van der Waals surface area contributed by atoms with Crippen molar-refractivity contribution < 1.29 is 14.3 Å². The Morgan fingerprint density at radius 1 is 1.15 bits per heavy atom. The normalized spacial score (nSPS) is 19.2. The summed E-state index contributed by atoms with van der Waals surface area (Å²) in [4.78, 5) is 24.9. The van der Waals surface area contributed by atoms with Crippen molar-refractivity contribution in [3.05, 3.63) is 35.9 Å². The number of amides is 2. The highest BCUT2D eigenvalue weighted by molar-refractivity contribution is 5.88. The lowest BCUT2D eigenvalue weighted by molar-refractivity contribution is -0.130. The van der Waals surface area contributed by atoms with Crippen LogP contribution in [-0.4, -0.2) is 36.6 Å². The fraction of sp³-hybridized carbons (Fsp3) is 0.619.